The Kier molecular flexibility index (Phi) is 4.24. The van der Waals surface area contributed by atoms with Gasteiger partial charge in [0.2, 0.25) is 5.91 Å². The third-order valence-corrected chi connectivity index (χ3v) is 2.22. The maximum absolute atomic E-state index is 13.3. The van der Waals surface area contributed by atoms with E-state index in [1.807, 2.05) is 6.92 Å². The second-order valence-electron chi connectivity index (χ2n) is 3.30. The Hall–Kier alpha value is -1.42. The molecule has 0 saturated carbocycles. The van der Waals surface area contributed by atoms with Gasteiger partial charge in [0.05, 0.1) is 6.54 Å². The number of hydrogen-bond acceptors (Lipinski definition) is 2. The molecular formula is C11H15FN2O. The lowest BCUT2D eigenvalue weighted by molar-refractivity contribution is -0.119. The minimum Gasteiger partial charge on any atom is -0.358 e. The van der Waals surface area contributed by atoms with Crippen molar-refractivity contribution in [2.24, 2.45) is 0 Å². The normalized spacial score (nSPS) is 12.2. The van der Waals surface area contributed by atoms with Crippen LogP contribution in [0, 0.1) is 5.82 Å². The van der Waals surface area contributed by atoms with Gasteiger partial charge in [-0.2, -0.15) is 0 Å². The summed E-state index contributed by atoms with van der Waals surface area (Å²) in [5.74, 6) is -0.368. The molecule has 0 aliphatic carbocycles. The van der Waals surface area contributed by atoms with Crippen LogP contribution < -0.4 is 10.6 Å². The van der Waals surface area contributed by atoms with Crippen LogP contribution in [-0.2, 0) is 4.79 Å². The van der Waals surface area contributed by atoms with Gasteiger partial charge in [0.1, 0.15) is 5.82 Å². The Balaban J connectivity index is 2.57. The molecule has 1 atom stereocenters. The lowest BCUT2D eigenvalue weighted by atomic mass is 10.1. The van der Waals surface area contributed by atoms with E-state index in [-0.39, 0.29) is 24.3 Å². The van der Waals surface area contributed by atoms with Crippen molar-refractivity contribution in [1.29, 1.82) is 0 Å². The zero-order valence-electron chi connectivity index (χ0n) is 8.88. The standard InChI is InChI=1S/C11H15FN2O/c1-8(14-7-11(15)13-2)9-5-3-4-6-10(9)12/h3-6,8,14H,7H2,1-2H3,(H,13,15). The summed E-state index contributed by atoms with van der Waals surface area (Å²) in [6.07, 6.45) is 0. The maximum atomic E-state index is 13.3. The Bertz CT molecular complexity index is 341. The number of rotatable bonds is 4. The van der Waals surface area contributed by atoms with Crippen molar-refractivity contribution in [3.8, 4) is 0 Å². The molecule has 0 fully saturated rings. The molecule has 0 radical (unpaired) electrons. The van der Waals surface area contributed by atoms with Crippen LogP contribution in [-0.4, -0.2) is 19.5 Å². The fourth-order valence-electron chi connectivity index (χ4n) is 1.27. The Labute approximate surface area is 88.7 Å². The van der Waals surface area contributed by atoms with Crippen LogP contribution in [0.1, 0.15) is 18.5 Å². The van der Waals surface area contributed by atoms with Crippen LogP contribution in [0.2, 0.25) is 0 Å². The predicted molar refractivity (Wildman–Crippen MR) is 56.9 cm³/mol. The summed E-state index contributed by atoms with van der Waals surface area (Å²) in [5.41, 5.74) is 0.571. The highest BCUT2D eigenvalue weighted by Gasteiger charge is 2.10. The summed E-state index contributed by atoms with van der Waals surface area (Å²) in [4.78, 5) is 11.0. The van der Waals surface area contributed by atoms with E-state index in [1.54, 1.807) is 25.2 Å². The fraction of sp³-hybridized carbons (Fsp3) is 0.364. The molecular weight excluding hydrogens is 195 g/mol. The molecule has 0 aromatic heterocycles. The molecule has 1 aromatic carbocycles. The zero-order valence-corrected chi connectivity index (χ0v) is 8.88. The molecule has 0 heterocycles. The zero-order chi connectivity index (χ0) is 11.3. The van der Waals surface area contributed by atoms with Gasteiger partial charge < -0.3 is 10.6 Å². The average molecular weight is 210 g/mol. The summed E-state index contributed by atoms with van der Waals surface area (Å²) >= 11 is 0. The van der Waals surface area contributed by atoms with E-state index in [1.165, 1.54) is 6.07 Å². The third kappa shape index (κ3) is 3.32. The van der Waals surface area contributed by atoms with Gasteiger partial charge in [-0.15, -0.1) is 0 Å². The minimum absolute atomic E-state index is 0.113. The number of amides is 1. The fourth-order valence-corrected chi connectivity index (χ4v) is 1.27. The molecule has 82 valence electrons. The first-order valence-corrected chi connectivity index (χ1v) is 4.83. The van der Waals surface area contributed by atoms with E-state index in [2.05, 4.69) is 10.6 Å². The second kappa shape index (κ2) is 5.46. The van der Waals surface area contributed by atoms with Crippen LogP contribution in [0.15, 0.2) is 24.3 Å². The van der Waals surface area contributed by atoms with Crippen LogP contribution in [0.4, 0.5) is 4.39 Å². The number of benzene rings is 1. The SMILES string of the molecule is CNC(=O)CNC(C)c1ccccc1F. The summed E-state index contributed by atoms with van der Waals surface area (Å²) in [6.45, 7) is 2.01. The molecule has 1 aromatic rings. The number of nitrogens with one attached hydrogen (secondary N) is 2. The van der Waals surface area contributed by atoms with E-state index in [4.69, 9.17) is 0 Å². The molecule has 0 aliphatic heterocycles. The number of halogens is 1. The Morgan fingerprint density at radius 3 is 2.73 bits per heavy atom. The summed E-state index contributed by atoms with van der Waals surface area (Å²) < 4.78 is 13.3. The van der Waals surface area contributed by atoms with Gasteiger partial charge in [0.15, 0.2) is 0 Å². The molecule has 1 amide bonds. The molecule has 3 nitrogen and oxygen atoms in total. The van der Waals surface area contributed by atoms with Gasteiger partial charge >= 0.3 is 0 Å². The topological polar surface area (TPSA) is 41.1 Å². The predicted octanol–water partition coefficient (Wildman–Crippen LogP) is 1.22. The summed E-state index contributed by atoms with van der Waals surface area (Å²) in [5, 5.41) is 5.43. The number of hydrogen-bond donors (Lipinski definition) is 2. The van der Waals surface area contributed by atoms with Gasteiger partial charge in [0, 0.05) is 18.7 Å². The third-order valence-electron chi connectivity index (χ3n) is 2.22. The molecule has 1 unspecified atom stereocenters. The number of carbonyl (C=O) groups excluding carboxylic acids is 1. The van der Waals surface area contributed by atoms with E-state index in [9.17, 15) is 9.18 Å². The first kappa shape index (κ1) is 11.7. The first-order chi connectivity index (χ1) is 7.15. The highest BCUT2D eigenvalue weighted by molar-refractivity contribution is 5.77. The van der Waals surface area contributed by atoms with Gasteiger partial charge in [-0.25, -0.2) is 4.39 Å². The van der Waals surface area contributed by atoms with Crippen LogP contribution in [0.5, 0.6) is 0 Å². The van der Waals surface area contributed by atoms with Crippen molar-refractivity contribution in [1.82, 2.24) is 10.6 Å². The molecule has 1 rings (SSSR count). The number of carbonyl (C=O) groups is 1. The van der Waals surface area contributed by atoms with Crippen molar-refractivity contribution in [3.63, 3.8) is 0 Å². The molecule has 15 heavy (non-hydrogen) atoms. The van der Waals surface area contributed by atoms with Gasteiger partial charge in [-0.3, -0.25) is 4.79 Å². The van der Waals surface area contributed by atoms with Crippen LogP contribution in [0.25, 0.3) is 0 Å². The van der Waals surface area contributed by atoms with Crippen LogP contribution >= 0.6 is 0 Å². The Morgan fingerprint density at radius 2 is 2.13 bits per heavy atom. The second-order valence-corrected chi connectivity index (χ2v) is 3.30. The van der Waals surface area contributed by atoms with Crippen molar-refractivity contribution in [3.05, 3.63) is 35.6 Å². The monoisotopic (exact) mass is 210 g/mol. The van der Waals surface area contributed by atoms with Crippen molar-refractivity contribution in [2.45, 2.75) is 13.0 Å². The lowest BCUT2D eigenvalue weighted by Crippen LogP contribution is -2.33. The molecule has 0 spiro atoms. The Morgan fingerprint density at radius 1 is 1.47 bits per heavy atom. The van der Waals surface area contributed by atoms with Crippen molar-refractivity contribution >= 4 is 5.91 Å². The minimum atomic E-state index is -0.255. The molecule has 4 heteroatoms. The van der Waals surface area contributed by atoms with Gasteiger partial charge in [-0.05, 0) is 13.0 Å². The van der Waals surface area contributed by atoms with E-state index >= 15 is 0 Å². The quantitative estimate of drug-likeness (QED) is 0.784. The molecule has 0 aliphatic rings. The average Bonchev–Trinajstić information content (AvgIpc) is 2.26. The van der Waals surface area contributed by atoms with Crippen LogP contribution in [0.3, 0.4) is 0 Å². The molecule has 0 bridgehead atoms. The van der Waals surface area contributed by atoms with E-state index in [0.29, 0.717) is 5.56 Å². The molecule has 2 N–H and O–H groups in total. The largest absolute Gasteiger partial charge is 0.358 e. The summed E-state index contributed by atoms with van der Waals surface area (Å²) in [6, 6.07) is 6.36. The van der Waals surface area contributed by atoms with Gasteiger partial charge in [-0.1, -0.05) is 18.2 Å². The van der Waals surface area contributed by atoms with Crippen molar-refractivity contribution in [2.75, 3.05) is 13.6 Å². The highest BCUT2D eigenvalue weighted by atomic mass is 19.1. The summed E-state index contributed by atoms with van der Waals surface area (Å²) in [7, 11) is 1.57. The molecule has 0 saturated heterocycles. The smallest absolute Gasteiger partial charge is 0.233 e. The lowest BCUT2D eigenvalue weighted by Gasteiger charge is -2.14. The van der Waals surface area contributed by atoms with E-state index in [0.717, 1.165) is 0 Å². The number of likely N-dealkylation sites (N-methyl/N-ethyl adjacent to an activating group) is 1. The van der Waals surface area contributed by atoms with Gasteiger partial charge in [0.25, 0.3) is 0 Å². The van der Waals surface area contributed by atoms with Crippen molar-refractivity contribution < 1.29 is 9.18 Å². The maximum Gasteiger partial charge on any atom is 0.233 e. The highest BCUT2D eigenvalue weighted by Crippen LogP contribution is 2.15. The first-order valence-electron chi connectivity index (χ1n) is 4.83. The van der Waals surface area contributed by atoms with E-state index < -0.39 is 0 Å².